The van der Waals surface area contributed by atoms with Gasteiger partial charge in [-0.2, -0.15) is 0 Å². The number of nitrogens with zero attached hydrogens (tertiary/aromatic N) is 1. The van der Waals surface area contributed by atoms with Crippen LogP contribution in [0.2, 0.25) is 0 Å². The Hall–Kier alpha value is -3.84. The fourth-order valence-corrected chi connectivity index (χ4v) is 3.69. The van der Waals surface area contributed by atoms with Gasteiger partial charge in [0, 0.05) is 35.6 Å². The Morgan fingerprint density at radius 2 is 1.69 bits per heavy atom. The zero-order chi connectivity index (χ0) is 25.7. The molecule has 0 fully saturated rings. The second-order valence-electron chi connectivity index (χ2n) is 9.59. The minimum absolute atomic E-state index is 0.0904. The fraction of sp³-hybridized carbons (Fsp3) is 0.310. The Bertz CT molecular complexity index is 1280. The van der Waals surface area contributed by atoms with E-state index < -0.39 is 12.1 Å². The van der Waals surface area contributed by atoms with Crippen LogP contribution >= 0.6 is 0 Å². The summed E-state index contributed by atoms with van der Waals surface area (Å²) in [5.74, 6) is 2.01. The maximum atomic E-state index is 11.3. The van der Waals surface area contributed by atoms with E-state index >= 15 is 0 Å². The number of aliphatic carboxylic acids is 1. The van der Waals surface area contributed by atoms with Crippen LogP contribution in [0.4, 0.5) is 0 Å². The molecule has 0 spiro atoms. The van der Waals surface area contributed by atoms with Crippen LogP contribution in [0.15, 0.2) is 75.7 Å². The predicted molar refractivity (Wildman–Crippen MR) is 136 cm³/mol. The average Bonchev–Trinajstić information content (AvgIpc) is 3.54. The van der Waals surface area contributed by atoms with Crippen LogP contribution in [-0.2, 0) is 28.0 Å². The van der Waals surface area contributed by atoms with Crippen molar-refractivity contribution >= 4 is 5.97 Å². The maximum absolute atomic E-state index is 11.3. The highest BCUT2D eigenvalue weighted by molar-refractivity contribution is 5.72. The smallest absolute Gasteiger partial charge is 0.333 e. The molecule has 188 valence electrons. The minimum Gasteiger partial charge on any atom is -0.486 e. The van der Waals surface area contributed by atoms with Crippen molar-refractivity contribution in [3.63, 3.8) is 0 Å². The zero-order valence-electron chi connectivity index (χ0n) is 21.0. The lowest BCUT2D eigenvalue weighted by atomic mass is 9.93. The van der Waals surface area contributed by atoms with Gasteiger partial charge in [0.05, 0.1) is 0 Å². The maximum Gasteiger partial charge on any atom is 0.333 e. The number of hydrogen-bond acceptors (Lipinski definition) is 6. The first-order valence-electron chi connectivity index (χ1n) is 12.0. The molecule has 4 aromatic rings. The molecule has 4 rings (SSSR count). The molecule has 1 N–H and O–H groups in total. The van der Waals surface area contributed by atoms with E-state index in [1.807, 2.05) is 66.7 Å². The van der Waals surface area contributed by atoms with Crippen molar-refractivity contribution in [2.75, 3.05) is 6.61 Å². The molecule has 2 heterocycles. The highest BCUT2D eigenvalue weighted by Gasteiger charge is 2.20. The molecule has 0 aliphatic carbocycles. The van der Waals surface area contributed by atoms with E-state index in [2.05, 4.69) is 25.9 Å². The fourth-order valence-electron chi connectivity index (χ4n) is 3.69. The molecule has 2 aromatic heterocycles. The molecule has 0 amide bonds. The first-order valence-corrected chi connectivity index (χ1v) is 12.0. The molecule has 0 radical (unpaired) electrons. The molecule has 0 bridgehead atoms. The molecule has 0 saturated carbocycles. The van der Waals surface area contributed by atoms with Gasteiger partial charge in [0.25, 0.3) is 0 Å². The summed E-state index contributed by atoms with van der Waals surface area (Å²) in [6, 6.07) is 21.1. The monoisotopic (exact) mass is 489 g/mol. The Morgan fingerprint density at radius 3 is 2.31 bits per heavy atom. The van der Waals surface area contributed by atoms with Crippen LogP contribution in [0.3, 0.4) is 0 Å². The van der Waals surface area contributed by atoms with Crippen LogP contribution in [0, 0.1) is 0 Å². The lowest BCUT2D eigenvalue weighted by Crippen LogP contribution is -2.26. The molecule has 0 saturated heterocycles. The molecule has 0 unspecified atom stereocenters. The van der Waals surface area contributed by atoms with Gasteiger partial charge in [0.2, 0.25) is 0 Å². The van der Waals surface area contributed by atoms with E-state index in [9.17, 15) is 9.90 Å². The van der Waals surface area contributed by atoms with Crippen molar-refractivity contribution in [1.29, 1.82) is 0 Å². The van der Waals surface area contributed by atoms with Crippen LogP contribution in [0.1, 0.15) is 44.8 Å². The number of hydrogen-bond donors (Lipinski definition) is 1. The third-order valence-electron chi connectivity index (χ3n) is 5.75. The third-order valence-corrected chi connectivity index (χ3v) is 5.75. The van der Waals surface area contributed by atoms with Gasteiger partial charge in [0.1, 0.15) is 35.3 Å². The van der Waals surface area contributed by atoms with Gasteiger partial charge in [-0.1, -0.05) is 62.3 Å². The molecule has 36 heavy (non-hydrogen) atoms. The summed E-state index contributed by atoms with van der Waals surface area (Å²) in [6.07, 6.45) is -0.549. The van der Waals surface area contributed by atoms with Crippen molar-refractivity contribution in [1.82, 2.24) is 5.16 Å². The molecule has 1 atom stereocenters. The molecule has 7 nitrogen and oxygen atoms in total. The predicted octanol–water partition coefficient (Wildman–Crippen LogP) is 6.51. The van der Waals surface area contributed by atoms with Gasteiger partial charge in [-0.05, 0) is 36.8 Å². The van der Waals surface area contributed by atoms with Gasteiger partial charge < -0.3 is 23.5 Å². The zero-order valence-corrected chi connectivity index (χ0v) is 21.0. The number of carboxylic acids is 1. The Labute approximate surface area is 210 Å². The summed E-state index contributed by atoms with van der Waals surface area (Å²) < 4.78 is 22.6. The number of benzene rings is 2. The first kappa shape index (κ1) is 25.3. The lowest BCUT2D eigenvalue weighted by Gasteiger charge is -2.12. The second-order valence-corrected chi connectivity index (χ2v) is 9.59. The molecular formula is C29H31NO6. The van der Waals surface area contributed by atoms with Gasteiger partial charge in [-0.25, -0.2) is 4.79 Å². The SMILES string of the molecule is CCO[C@@H](Cc1ccc(OCc2ccc(-c3ccc(-c4cc(C(C)(C)C)on4)cc3)o2)cc1)C(=O)O. The second kappa shape index (κ2) is 10.8. The quantitative estimate of drug-likeness (QED) is 0.271. The number of furan rings is 1. The van der Waals surface area contributed by atoms with Gasteiger partial charge >= 0.3 is 5.97 Å². The van der Waals surface area contributed by atoms with Crippen LogP contribution < -0.4 is 4.74 Å². The van der Waals surface area contributed by atoms with E-state index in [1.165, 1.54) is 0 Å². The number of carboxylic acid groups (broad SMARTS) is 1. The summed E-state index contributed by atoms with van der Waals surface area (Å²) in [5.41, 5.74) is 3.52. The van der Waals surface area contributed by atoms with E-state index in [4.69, 9.17) is 18.4 Å². The van der Waals surface area contributed by atoms with E-state index in [0.717, 1.165) is 33.9 Å². The number of rotatable bonds is 10. The van der Waals surface area contributed by atoms with E-state index in [1.54, 1.807) is 6.92 Å². The van der Waals surface area contributed by atoms with Gasteiger partial charge in [-0.3, -0.25) is 0 Å². The standard InChI is InChI=1S/C29H31NO6/c1-5-33-26(28(31)32)16-19-6-12-22(13-7-19)34-18-23-14-15-25(35-23)21-10-8-20(9-11-21)24-17-27(36-30-24)29(2,3)4/h6-15,17,26H,5,16,18H2,1-4H3,(H,31,32)/t26-/m0/s1. The number of carbonyl (C=O) groups is 1. The summed E-state index contributed by atoms with van der Waals surface area (Å²) in [4.78, 5) is 11.3. The Kier molecular flexibility index (Phi) is 7.60. The highest BCUT2D eigenvalue weighted by atomic mass is 16.5. The number of ether oxygens (including phenoxy) is 2. The van der Waals surface area contributed by atoms with E-state index in [0.29, 0.717) is 24.5 Å². The minimum atomic E-state index is -0.965. The summed E-state index contributed by atoms with van der Waals surface area (Å²) in [6.45, 7) is 8.69. The molecular weight excluding hydrogens is 458 g/mol. The lowest BCUT2D eigenvalue weighted by molar-refractivity contribution is -0.149. The normalized spacial score (nSPS) is 12.4. The topological polar surface area (TPSA) is 94.9 Å². The molecule has 2 aromatic carbocycles. The van der Waals surface area contributed by atoms with Crippen LogP contribution in [-0.4, -0.2) is 28.9 Å². The highest BCUT2D eigenvalue weighted by Crippen LogP contribution is 2.29. The summed E-state index contributed by atoms with van der Waals surface area (Å²) >= 11 is 0. The van der Waals surface area contributed by atoms with E-state index in [-0.39, 0.29) is 12.0 Å². The van der Waals surface area contributed by atoms with Crippen LogP contribution in [0.5, 0.6) is 5.75 Å². The Morgan fingerprint density at radius 1 is 1.00 bits per heavy atom. The number of aromatic nitrogens is 1. The molecule has 7 heteroatoms. The first-order chi connectivity index (χ1) is 17.2. The summed E-state index contributed by atoms with van der Waals surface area (Å²) in [5, 5.41) is 13.4. The van der Waals surface area contributed by atoms with Crippen molar-refractivity contribution < 1.29 is 28.3 Å². The van der Waals surface area contributed by atoms with Crippen molar-refractivity contribution in [2.24, 2.45) is 0 Å². The van der Waals surface area contributed by atoms with Gasteiger partial charge in [0.15, 0.2) is 6.10 Å². The largest absolute Gasteiger partial charge is 0.486 e. The Balaban J connectivity index is 1.34. The molecule has 0 aliphatic heterocycles. The van der Waals surface area contributed by atoms with Crippen molar-refractivity contribution in [3.05, 3.63) is 83.8 Å². The average molecular weight is 490 g/mol. The van der Waals surface area contributed by atoms with Crippen molar-refractivity contribution in [3.8, 4) is 28.3 Å². The molecule has 0 aliphatic rings. The van der Waals surface area contributed by atoms with Crippen molar-refractivity contribution in [2.45, 2.75) is 52.2 Å². The summed E-state index contributed by atoms with van der Waals surface area (Å²) in [7, 11) is 0. The van der Waals surface area contributed by atoms with Gasteiger partial charge in [-0.15, -0.1) is 0 Å². The van der Waals surface area contributed by atoms with Crippen LogP contribution in [0.25, 0.3) is 22.6 Å². The third kappa shape index (κ3) is 6.23.